The highest BCUT2D eigenvalue weighted by Crippen LogP contribution is 1.92. The third-order valence-electron chi connectivity index (χ3n) is 1.89. The fourth-order valence-corrected chi connectivity index (χ4v) is 0.896. The minimum absolute atomic E-state index is 0.0891. The molecule has 1 aromatic heterocycles. The van der Waals surface area contributed by atoms with Crippen molar-refractivity contribution in [1.29, 1.82) is 0 Å². The second kappa shape index (κ2) is 4.55. The highest BCUT2D eigenvalue weighted by Gasteiger charge is 2.08. The average molecular weight is 195 g/mol. The molecule has 1 atom stereocenters. The van der Waals surface area contributed by atoms with E-state index in [4.69, 9.17) is 0 Å². The Morgan fingerprint density at radius 3 is 2.93 bits per heavy atom. The van der Waals surface area contributed by atoms with Gasteiger partial charge in [-0.15, -0.1) is 0 Å². The predicted molar refractivity (Wildman–Crippen MR) is 52.1 cm³/mol. The zero-order chi connectivity index (χ0) is 10.6. The van der Waals surface area contributed by atoms with Crippen LogP contribution in [0.25, 0.3) is 0 Å². The number of hydrogen-bond donors (Lipinski definition) is 2. The molecule has 0 aliphatic carbocycles. The first-order valence-electron chi connectivity index (χ1n) is 4.48. The number of carbonyl (C=O) groups excluding carboxylic acids is 1. The quantitative estimate of drug-likeness (QED) is 0.728. The highest BCUT2D eigenvalue weighted by molar-refractivity contribution is 5.92. The topological polar surface area (TPSA) is 74.8 Å². The number of amides is 1. The molecule has 0 spiro atoms. The van der Waals surface area contributed by atoms with Gasteiger partial charge in [-0.25, -0.2) is 0 Å². The average Bonchev–Trinajstić information content (AvgIpc) is 2.17. The van der Waals surface area contributed by atoms with Gasteiger partial charge >= 0.3 is 0 Å². The minimum atomic E-state index is -0.373. The van der Waals surface area contributed by atoms with Crippen LogP contribution in [0.2, 0.25) is 0 Å². The van der Waals surface area contributed by atoms with Crippen LogP contribution < -0.4 is 10.9 Å². The third kappa shape index (κ3) is 2.69. The number of rotatable bonds is 3. The Hall–Kier alpha value is -1.65. The molecule has 5 nitrogen and oxygen atoms in total. The molecule has 0 aliphatic rings. The summed E-state index contributed by atoms with van der Waals surface area (Å²) in [4.78, 5) is 28.3. The zero-order valence-electron chi connectivity index (χ0n) is 8.20. The van der Waals surface area contributed by atoms with Crippen molar-refractivity contribution in [3.63, 3.8) is 0 Å². The van der Waals surface area contributed by atoms with E-state index >= 15 is 0 Å². The second-order valence-corrected chi connectivity index (χ2v) is 3.09. The zero-order valence-corrected chi connectivity index (χ0v) is 8.20. The second-order valence-electron chi connectivity index (χ2n) is 3.09. The van der Waals surface area contributed by atoms with Crippen LogP contribution in [0.15, 0.2) is 17.2 Å². The first-order chi connectivity index (χ1) is 6.63. The molecule has 0 radical (unpaired) electrons. The molecule has 0 fully saturated rings. The molecule has 2 N–H and O–H groups in total. The summed E-state index contributed by atoms with van der Waals surface area (Å²) >= 11 is 0. The lowest BCUT2D eigenvalue weighted by atomic mass is 10.2. The fraction of sp³-hybridized carbons (Fsp3) is 0.444. The first-order valence-corrected chi connectivity index (χ1v) is 4.48. The Balaban J connectivity index is 2.75. The van der Waals surface area contributed by atoms with E-state index in [0.717, 1.165) is 12.6 Å². The van der Waals surface area contributed by atoms with Gasteiger partial charge in [0.1, 0.15) is 5.69 Å². The van der Waals surface area contributed by atoms with Gasteiger partial charge < -0.3 is 10.3 Å². The fourth-order valence-electron chi connectivity index (χ4n) is 0.896. The van der Waals surface area contributed by atoms with E-state index in [9.17, 15) is 9.59 Å². The van der Waals surface area contributed by atoms with Gasteiger partial charge in [0.2, 0.25) is 0 Å². The van der Waals surface area contributed by atoms with Crippen molar-refractivity contribution in [2.24, 2.45) is 0 Å². The molecule has 1 rings (SSSR count). The molecule has 1 amide bonds. The maximum atomic E-state index is 11.4. The molecule has 0 aliphatic heterocycles. The summed E-state index contributed by atoms with van der Waals surface area (Å²) in [6.07, 6.45) is 3.30. The summed E-state index contributed by atoms with van der Waals surface area (Å²) in [6, 6.07) is 0.0891. The van der Waals surface area contributed by atoms with Gasteiger partial charge in [-0.1, -0.05) is 6.92 Å². The molecular weight excluding hydrogens is 182 g/mol. The van der Waals surface area contributed by atoms with Crippen LogP contribution in [0, 0.1) is 0 Å². The molecule has 1 unspecified atom stereocenters. The van der Waals surface area contributed by atoms with Crippen LogP contribution in [-0.2, 0) is 0 Å². The summed E-state index contributed by atoms with van der Waals surface area (Å²) < 4.78 is 0. The largest absolute Gasteiger partial charge is 0.348 e. The van der Waals surface area contributed by atoms with Crippen molar-refractivity contribution in [3.05, 3.63) is 28.4 Å². The van der Waals surface area contributed by atoms with E-state index in [1.165, 1.54) is 6.20 Å². The lowest BCUT2D eigenvalue weighted by molar-refractivity contribution is 0.0933. The van der Waals surface area contributed by atoms with Crippen molar-refractivity contribution in [1.82, 2.24) is 15.3 Å². The van der Waals surface area contributed by atoms with Crippen LogP contribution in [-0.4, -0.2) is 21.9 Å². The molecule has 0 saturated heterocycles. The monoisotopic (exact) mass is 195 g/mol. The van der Waals surface area contributed by atoms with Gasteiger partial charge in [0, 0.05) is 6.04 Å². The van der Waals surface area contributed by atoms with Crippen molar-refractivity contribution in [3.8, 4) is 0 Å². The van der Waals surface area contributed by atoms with Gasteiger partial charge in [-0.2, -0.15) is 0 Å². The highest BCUT2D eigenvalue weighted by atomic mass is 16.2. The summed E-state index contributed by atoms with van der Waals surface area (Å²) in [5, 5.41) is 2.72. The summed E-state index contributed by atoms with van der Waals surface area (Å²) in [7, 11) is 0. The number of nitrogens with zero attached hydrogens (tertiary/aromatic N) is 1. The van der Waals surface area contributed by atoms with Crippen molar-refractivity contribution >= 4 is 5.91 Å². The number of H-pyrrole nitrogens is 1. The van der Waals surface area contributed by atoms with Gasteiger partial charge in [-0.3, -0.25) is 14.6 Å². The normalized spacial score (nSPS) is 12.1. The smallest absolute Gasteiger partial charge is 0.269 e. The molecule has 0 aromatic carbocycles. The maximum absolute atomic E-state index is 11.4. The van der Waals surface area contributed by atoms with Gasteiger partial charge in [0.15, 0.2) is 0 Å². The molecule has 76 valence electrons. The van der Waals surface area contributed by atoms with Crippen LogP contribution in [0.4, 0.5) is 0 Å². The Morgan fingerprint density at radius 2 is 2.36 bits per heavy atom. The summed E-state index contributed by atoms with van der Waals surface area (Å²) in [5.74, 6) is -0.301. The first kappa shape index (κ1) is 10.4. The Labute approximate surface area is 81.6 Å². The van der Waals surface area contributed by atoms with Crippen LogP contribution in [0.5, 0.6) is 0 Å². The molecule has 0 bridgehead atoms. The van der Waals surface area contributed by atoms with E-state index in [1.54, 1.807) is 0 Å². The van der Waals surface area contributed by atoms with Gasteiger partial charge in [0.05, 0.1) is 12.4 Å². The van der Waals surface area contributed by atoms with E-state index < -0.39 is 0 Å². The summed E-state index contributed by atoms with van der Waals surface area (Å²) in [6.45, 7) is 3.86. The van der Waals surface area contributed by atoms with Crippen molar-refractivity contribution in [2.45, 2.75) is 26.3 Å². The lowest BCUT2D eigenvalue weighted by Gasteiger charge is -2.10. The Morgan fingerprint density at radius 1 is 1.64 bits per heavy atom. The van der Waals surface area contributed by atoms with Crippen molar-refractivity contribution < 1.29 is 4.79 Å². The van der Waals surface area contributed by atoms with Crippen LogP contribution >= 0.6 is 0 Å². The van der Waals surface area contributed by atoms with E-state index in [-0.39, 0.29) is 23.2 Å². The minimum Gasteiger partial charge on any atom is -0.348 e. The number of hydrogen-bond acceptors (Lipinski definition) is 3. The number of nitrogens with one attached hydrogen (secondary N) is 2. The van der Waals surface area contributed by atoms with E-state index in [0.29, 0.717) is 0 Å². The predicted octanol–water partition coefficient (Wildman–Crippen LogP) is 0.298. The van der Waals surface area contributed by atoms with Gasteiger partial charge in [-0.05, 0) is 13.3 Å². The van der Waals surface area contributed by atoms with Crippen LogP contribution in [0.3, 0.4) is 0 Å². The SMILES string of the molecule is CCC(C)NC(=O)c1cncc(=O)[nH]1. The Kier molecular flexibility index (Phi) is 3.39. The van der Waals surface area contributed by atoms with Crippen LogP contribution in [0.1, 0.15) is 30.8 Å². The van der Waals surface area contributed by atoms with Gasteiger partial charge in [0.25, 0.3) is 11.5 Å². The molecule has 5 heteroatoms. The summed E-state index contributed by atoms with van der Waals surface area (Å²) in [5.41, 5.74) is -0.181. The maximum Gasteiger partial charge on any atom is 0.269 e. The van der Waals surface area contributed by atoms with E-state index in [2.05, 4.69) is 15.3 Å². The molecule has 1 aromatic rings. The molecule has 14 heavy (non-hydrogen) atoms. The molecule has 1 heterocycles. The third-order valence-corrected chi connectivity index (χ3v) is 1.89. The van der Waals surface area contributed by atoms with Crippen molar-refractivity contribution in [2.75, 3.05) is 0 Å². The van der Waals surface area contributed by atoms with E-state index in [1.807, 2.05) is 13.8 Å². The number of aromatic amines is 1. The molecule has 0 saturated carbocycles. The lowest BCUT2D eigenvalue weighted by Crippen LogP contribution is -2.33. The standard InChI is InChI=1S/C9H13N3O2/c1-3-6(2)11-9(14)7-4-10-5-8(13)12-7/h4-6H,3H2,1-2H3,(H,11,14)(H,12,13). The number of carbonyl (C=O) groups is 1. The number of aromatic nitrogens is 2. The molecular formula is C9H13N3O2. The Bertz CT molecular complexity index is 372.